The van der Waals surface area contributed by atoms with Gasteiger partial charge in [0.15, 0.2) is 0 Å². The summed E-state index contributed by atoms with van der Waals surface area (Å²) in [5.74, 6) is 9.85. The Morgan fingerprint density at radius 2 is 0.222 bits per heavy atom. The van der Waals surface area contributed by atoms with Crippen LogP contribution in [0, 0.1) is 0 Å². The van der Waals surface area contributed by atoms with Gasteiger partial charge in [0.05, 0.1) is 0 Å². The summed E-state index contributed by atoms with van der Waals surface area (Å²) in [5, 5.41) is 0. The standard InChI is InChI=1S/H38N36/c1-3-5-7-9-11-13-15-17-19-21-23-25-27-29-31-33-35-36-34-32-30-28-26-24-22-20-18-16-14-12-10-8-6-4-2/h3-36H,1-2H2. The van der Waals surface area contributed by atoms with Gasteiger partial charge in [-0.3, -0.25) is 11.7 Å². The minimum absolute atomic E-state index is 2.12. The van der Waals surface area contributed by atoms with Gasteiger partial charge in [-0.2, -0.15) is 188 Å². The number of hydrogen-bond acceptors (Lipinski definition) is 36. The smallest absolute Gasteiger partial charge is 0.164 e. The third kappa shape index (κ3) is 32.6. The van der Waals surface area contributed by atoms with E-state index in [-0.39, 0.29) is 0 Å². The molecule has 0 aromatic rings. The summed E-state index contributed by atoms with van der Waals surface area (Å²) in [5.41, 5.74) is 83.1. The normalized spacial score (nSPS) is 11.5. The van der Waals surface area contributed by atoms with E-state index in [4.69, 9.17) is 11.7 Å². The first-order valence-electron chi connectivity index (χ1n) is 8.83. The molecule has 36 heteroatoms. The van der Waals surface area contributed by atoms with Crippen molar-refractivity contribution in [3.63, 3.8) is 0 Å². The summed E-state index contributed by atoms with van der Waals surface area (Å²) in [6, 6.07) is 0. The van der Waals surface area contributed by atoms with Gasteiger partial charge in [-0.1, -0.05) is 0 Å². The molecule has 0 heterocycles. The predicted molar refractivity (Wildman–Crippen MR) is 115 cm³/mol. The molecule has 0 aliphatic carbocycles. The van der Waals surface area contributed by atoms with Gasteiger partial charge in [-0.15, -0.1) is 0 Å². The highest BCUT2D eigenvalue weighted by molar-refractivity contribution is 4.19. The summed E-state index contributed by atoms with van der Waals surface area (Å²) < 4.78 is 0. The maximum Gasteiger partial charge on any atom is -0.164 e. The van der Waals surface area contributed by atoms with Crippen LogP contribution in [0.5, 0.6) is 0 Å². The Kier molecular flexibility index (Phi) is 32.2. The molecule has 0 spiro atoms. The van der Waals surface area contributed by atoms with Crippen molar-refractivity contribution in [1.29, 1.82) is 0 Å². The number of hydrazine groups is 35. The van der Waals surface area contributed by atoms with E-state index in [9.17, 15) is 0 Å². The van der Waals surface area contributed by atoms with E-state index in [0.717, 1.165) is 0 Å². The van der Waals surface area contributed by atoms with Crippen molar-refractivity contribution in [2.45, 2.75) is 0 Å². The number of hydrogen-bond donors (Lipinski definition) is 36. The van der Waals surface area contributed by atoms with Gasteiger partial charge in [0.2, 0.25) is 0 Å². The van der Waals surface area contributed by atoms with Gasteiger partial charge < -0.3 is 0 Å². The van der Waals surface area contributed by atoms with E-state index in [1.165, 1.54) is 0 Å². The third-order valence-electron chi connectivity index (χ3n) is 2.08. The van der Waals surface area contributed by atoms with Crippen LogP contribution in [0.25, 0.3) is 0 Å². The minimum atomic E-state index is 2.12. The van der Waals surface area contributed by atoms with Crippen LogP contribution >= 0.6 is 0 Å². The molecular weight excluding hydrogens is 504 g/mol. The molecule has 0 unspecified atom stereocenters. The first kappa shape index (κ1) is 34.6. The number of nitrogens with two attached hydrogens (primary N) is 2. The SMILES string of the molecule is NNNNNNNNNNNNNNNNNNNNNNNNNNNNNNNNNNNN. The summed E-state index contributed by atoms with van der Waals surface area (Å²) >= 11 is 0. The van der Waals surface area contributed by atoms with Gasteiger partial charge in [0.1, 0.15) is 0 Å². The summed E-state index contributed by atoms with van der Waals surface area (Å²) in [4.78, 5) is 0. The highest BCUT2D eigenvalue weighted by Crippen LogP contribution is 1.31. The molecule has 0 saturated carbocycles. The van der Waals surface area contributed by atoms with Crippen LogP contribution in [0.1, 0.15) is 0 Å². The first-order chi connectivity index (χ1) is 17.9. The second-order valence-corrected chi connectivity index (χ2v) is 4.29. The third-order valence-corrected chi connectivity index (χ3v) is 2.08. The van der Waals surface area contributed by atoms with Crippen molar-refractivity contribution in [1.82, 2.24) is 188 Å². The highest BCUT2D eigenvalue weighted by Gasteiger charge is 1.86. The Labute approximate surface area is 201 Å². The van der Waals surface area contributed by atoms with Crippen molar-refractivity contribution in [2.24, 2.45) is 11.7 Å². The molecule has 218 valence electrons. The van der Waals surface area contributed by atoms with Crippen molar-refractivity contribution in [3.05, 3.63) is 0 Å². The lowest BCUT2D eigenvalue weighted by atomic mass is 12.0. The van der Waals surface area contributed by atoms with Crippen LogP contribution < -0.4 is 200 Å². The molecule has 0 rings (SSSR count). The molecule has 0 aromatic carbocycles. The second kappa shape index (κ2) is 33.6. The molecule has 0 fully saturated rings. The van der Waals surface area contributed by atoms with Crippen molar-refractivity contribution in [2.75, 3.05) is 0 Å². The summed E-state index contributed by atoms with van der Waals surface area (Å²) in [6.45, 7) is 0. The largest absolute Gasteiger partial charge is 0.257 e. The molecule has 0 aliphatic rings. The summed E-state index contributed by atoms with van der Waals surface area (Å²) in [7, 11) is 0. The lowest BCUT2D eigenvalue weighted by molar-refractivity contribution is 0.181. The molecule has 36 nitrogen and oxygen atoms in total. The number of nitrogens with one attached hydrogen (secondary N) is 34. The van der Waals surface area contributed by atoms with E-state index in [2.05, 4.69) is 188 Å². The Morgan fingerprint density at radius 3 is 0.306 bits per heavy atom. The first-order valence-corrected chi connectivity index (χ1v) is 8.83. The fraction of sp³-hybridized carbons (Fsp3) is 0. The van der Waals surface area contributed by atoms with Gasteiger partial charge in [-0.25, -0.2) is 0 Å². The van der Waals surface area contributed by atoms with Crippen LogP contribution in [-0.2, 0) is 0 Å². The fourth-order valence-corrected chi connectivity index (χ4v) is 1.01. The van der Waals surface area contributed by atoms with E-state index < -0.39 is 0 Å². The lowest BCUT2D eigenvalue weighted by Crippen LogP contribution is -2.70. The Balaban J connectivity index is 3.00. The van der Waals surface area contributed by atoms with Gasteiger partial charge in [0, 0.05) is 0 Å². The second-order valence-electron chi connectivity index (χ2n) is 4.29. The summed E-state index contributed by atoms with van der Waals surface area (Å²) in [6.07, 6.45) is 0. The van der Waals surface area contributed by atoms with Crippen LogP contribution in [0.2, 0.25) is 0 Å². The predicted octanol–water partition coefficient (Wildman–Crippen LogP) is -18.0. The monoisotopic (exact) mass is 542 g/mol. The van der Waals surface area contributed by atoms with Gasteiger partial charge in [0.25, 0.3) is 0 Å². The van der Waals surface area contributed by atoms with Crippen LogP contribution in [0.15, 0.2) is 0 Å². The molecule has 0 aromatic heterocycles. The molecule has 0 amide bonds. The lowest BCUT2D eigenvalue weighted by Gasteiger charge is -2.16. The van der Waals surface area contributed by atoms with Crippen LogP contribution in [-0.4, -0.2) is 0 Å². The molecule has 0 bridgehead atoms. The zero-order chi connectivity index (χ0) is 26.0. The molecule has 0 saturated heterocycles. The average molecular weight is 543 g/mol. The highest BCUT2D eigenvalue weighted by atomic mass is 16.0. The zero-order valence-corrected chi connectivity index (χ0v) is 18.2. The molecule has 0 radical (unpaired) electrons. The van der Waals surface area contributed by atoms with Crippen molar-refractivity contribution >= 4 is 0 Å². The van der Waals surface area contributed by atoms with Crippen LogP contribution in [0.3, 0.4) is 0 Å². The van der Waals surface area contributed by atoms with Crippen molar-refractivity contribution < 1.29 is 0 Å². The van der Waals surface area contributed by atoms with Gasteiger partial charge in [-0.05, 0) is 0 Å². The Bertz CT molecular complexity index is 312. The molecule has 38 N–H and O–H groups in total. The molecule has 0 aliphatic heterocycles. The average Bonchev–Trinajstić information content (AvgIpc) is 2.89. The number of rotatable bonds is 33. The fourth-order valence-electron chi connectivity index (χ4n) is 1.01. The molecular formula is H38N36. The molecule has 36 heavy (non-hydrogen) atoms. The van der Waals surface area contributed by atoms with Crippen molar-refractivity contribution in [3.8, 4) is 0 Å². The molecule has 0 atom stereocenters. The van der Waals surface area contributed by atoms with E-state index in [1.807, 2.05) is 0 Å². The van der Waals surface area contributed by atoms with Crippen LogP contribution in [0.4, 0.5) is 0 Å². The van der Waals surface area contributed by atoms with E-state index in [0.29, 0.717) is 0 Å². The Morgan fingerprint density at radius 1 is 0.139 bits per heavy atom. The van der Waals surface area contributed by atoms with E-state index in [1.54, 1.807) is 0 Å². The zero-order valence-electron chi connectivity index (χ0n) is 18.2. The quantitative estimate of drug-likeness (QED) is 0.0208. The minimum Gasteiger partial charge on any atom is -0.257 e. The maximum atomic E-state index is 4.93. The maximum absolute atomic E-state index is 4.93. The topological polar surface area (TPSA) is 461 Å². The van der Waals surface area contributed by atoms with E-state index >= 15 is 0 Å². The van der Waals surface area contributed by atoms with Gasteiger partial charge >= 0.3 is 0 Å². The Hall–Kier alpha value is -1.44.